The topological polar surface area (TPSA) is 81.3 Å². The van der Waals surface area contributed by atoms with Crippen molar-refractivity contribution in [2.75, 3.05) is 19.8 Å². The van der Waals surface area contributed by atoms with Gasteiger partial charge in [-0.2, -0.15) is 5.53 Å². The molecule has 0 aromatic rings. The number of nitrogens with zero attached hydrogens (tertiary/aromatic N) is 1. The van der Waals surface area contributed by atoms with Gasteiger partial charge < -0.3 is 18.9 Å². The molecule has 0 radical (unpaired) electrons. The minimum absolute atomic E-state index is 0.156. The monoisotopic (exact) mass is 533 g/mol. The van der Waals surface area contributed by atoms with Crippen LogP contribution in [0.3, 0.4) is 0 Å². The Morgan fingerprint density at radius 3 is 2.58 bits per heavy atom. The van der Waals surface area contributed by atoms with Gasteiger partial charge in [0.25, 0.3) is 0 Å². The first kappa shape index (κ1) is 29.4. The molecule has 4 fully saturated rings. The summed E-state index contributed by atoms with van der Waals surface area (Å²) in [6.45, 7) is 16.3. The molecule has 5 rings (SSSR count). The van der Waals surface area contributed by atoms with Crippen LogP contribution in [0.2, 0.25) is 0 Å². The normalized spacial score (nSPS) is 30.8. The highest BCUT2D eigenvalue weighted by atomic mass is 16.6. The SMILES string of the molecule is CCOC(C)C1=CC=C(OCCCOC23CC4CC2CC(OC(=O)N(NNC(C)C)C(C)(C)C)(C4)C3)CC1. The summed E-state index contributed by atoms with van der Waals surface area (Å²) in [6, 6.07) is 0.192. The molecule has 38 heavy (non-hydrogen) atoms. The molecule has 4 bridgehead atoms. The third-order valence-corrected chi connectivity index (χ3v) is 8.57. The average Bonchev–Trinajstić information content (AvgIpc) is 3.19. The van der Waals surface area contributed by atoms with Crippen LogP contribution in [0, 0.1) is 11.8 Å². The summed E-state index contributed by atoms with van der Waals surface area (Å²) >= 11 is 0. The number of hydrogen-bond acceptors (Lipinski definition) is 7. The number of ether oxygens (including phenoxy) is 4. The van der Waals surface area contributed by atoms with Crippen molar-refractivity contribution in [3.8, 4) is 0 Å². The van der Waals surface area contributed by atoms with Crippen molar-refractivity contribution in [3.05, 3.63) is 23.5 Å². The molecule has 5 aliphatic rings. The Labute approximate surface area is 229 Å². The Balaban J connectivity index is 1.26. The summed E-state index contributed by atoms with van der Waals surface area (Å²) in [4.78, 5) is 13.3. The van der Waals surface area contributed by atoms with Gasteiger partial charge in [0.05, 0.1) is 36.2 Å². The van der Waals surface area contributed by atoms with Gasteiger partial charge in [-0.1, -0.05) is 6.08 Å². The van der Waals surface area contributed by atoms with E-state index in [9.17, 15) is 4.79 Å². The Bertz CT molecular complexity index is 897. The fourth-order valence-corrected chi connectivity index (χ4v) is 6.99. The number of hydrogen-bond donors (Lipinski definition) is 2. The average molecular weight is 534 g/mol. The molecule has 5 atom stereocenters. The maximum Gasteiger partial charge on any atom is 0.426 e. The highest BCUT2D eigenvalue weighted by Crippen LogP contribution is 2.65. The third-order valence-electron chi connectivity index (χ3n) is 8.57. The van der Waals surface area contributed by atoms with E-state index in [1.807, 2.05) is 41.5 Å². The molecule has 0 saturated heterocycles. The van der Waals surface area contributed by atoms with Gasteiger partial charge in [-0.25, -0.2) is 15.2 Å². The Hall–Kier alpha value is -1.61. The second-order valence-electron chi connectivity index (χ2n) is 13.1. The second-order valence-corrected chi connectivity index (χ2v) is 13.1. The van der Waals surface area contributed by atoms with Gasteiger partial charge in [0.15, 0.2) is 0 Å². The number of rotatable bonds is 13. The molecule has 216 valence electrons. The number of carbonyl (C=O) groups is 1. The first-order valence-corrected chi connectivity index (χ1v) is 14.8. The highest BCUT2D eigenvalue weighted by Gasteiger charge is 2.67. The quantitative estimate of drug-likeness (QED) is 0.229. The van der Waals surface area contributed by atoms with Crippen molar-refractivity contribution >= 4 is 6.09 Å². The van der Waals surface area contributed by atoms with Crippen LogP contribution in [0.15, 0.2) is 23.5 Å². The van der Waals surface area contributed by atoms with E-state index in [0.717, 1.165) is 57.3 Å². The summed E-state index contributed by atoms with van der Waals surface area (Å²) in [5.41, 5.74) is 6.55. The van der Waals surface area contributed by atoms with E-state index in [0.29, 0.717) is 25.0 Å². The summed E-state index contributed by atoms with van der Waals surface area (Å²) in [6.07, 6.45) is 11.8. The molecule has 5 unspecified atom stereocenters. The summed E-state index contributed by atoms with van der Waals surface area (Å²) < 4.78 is 24.7. The summed E-state index contributed by atoms with van der Waals surface area (Å²) in [5, 5.41) is 1.58. The lowest BCUT2D eigenvalue weighted by Gasteiger charge is -2.43. The molecule has 0 aromatic carbocycles. The van der Waals surface area contributed by atoms with Gasteiger partial charge in [-0.15, -0.1) is 0 Å². The van der Waals surface area contributed by atoms with Crippen LogP contribution in [-0.4, -0.2) is 59.8 Å². The van der Waals surface area contributed by atoms with E-state index in [1.165, 1.54) is 12.0 Å². The predicted molar refractivity (Wildman–Crippen MR) is 148 cm³/mol. The van der Waals surface area contributed by atoms with Crippen molar-refractivity contribution in [3.63, 3.8) is 0 Å². The Kier molecular flexibility index (Phi) is 9.17. The lowest BCUT2D eigenvalue weighted by atomic mass is 9.77. The molecule has 4 saturated carbocycles. The smallest absolute Gasteiger partial charge is 0.426 e. The van der Waals surface area contributed by atoms with Crippen molar-refractivity contribution in [2.45, 2.75) is 129 Å². The number of carbonyl (C=O) groups excluding carboxylic acids is 1. The van der Waals surface area contributed by atoms with E-state index in [-0.39, 0.29) is 23.8 Å². The van der Waals surface area contributed by atoms with Crippen LogP contribution >= 0.6 is 0 Å². The fourth-order valence-electron chi connectivity index (χ4n) is 6.99. The van der Waals surface area contributed by atoms with Gasteiger partial charge in [0.1, 0.15) is 5.60 Å². The third kappa shape index (κ3) is 6.75. The zero-order chi connectivity index (χ0) is 27.6. The zero-order valence-electron chi connectivity index (χ0n) is 24.7. The Morgan fingerprint density at radius 1 is 1.13 bits per heavy atom. The predicted octanol–water partition coefficient (Wildman–Crippen LogP) is 5.79. The lowest BCUT2D eigenvalue weighted by Crippen LogP contribution is -2.61. The van der Waals surface area contributed by atoms with Gasteiger partial charge in [0.2, 0.25) is 0 Å². The van der Waals surface area contributed by atoms with E-state index in [4.69, 9.17) is 18.9 Å². The van der Waals surface area contributed by atoms with Crippen LogP contribution in [0.25, 0.3) is 0 Å². The molecule has 1 amide bonds. The van der Waals surface area contributed by atoms with E-state index in [1.54, 1.807) is 5.01 Å². The largest absolute Gasteiger partial charge is 0.498 e. The molecular formula is C30H51N3O5. The van der Waals surface area contributed by atoms with Crippen molar-refractivity contribution in [1.82, 2.24) is 16.0 Å². The molecule has 0 spiro atoms. The summed E-state index contributed by atoms with van der Waals surface area (Å²) in [5.74, 6) is 2.09. The van der Waals surface area contributed by atoms with Gasteiger partial charge in [-0.05, 0) is 104 Å². The maximum atomic E-state index is 13.3. The molecule has 0 heterocycles. The van der Waals surface area contributed by atoms with Crippen LogP contribution in [0.4, 0.5) is 4.79 Å². The standard InChI is InChI=1S/C30H51N3O5/c1-8-35-22(4)24-10-12-26(13-11-24)36-14-9-15-37-30-18-23-16-25(30)19-29(17-23,20-30)38-27(34)33(28(5,6)7)32-31-21(2)3/h10,12,21-23,25,31-32H,8-9,11,13-20H2,1-7H3. The van der Waals surface area contributed by atoms with E-state index in [2.05, 4.69) is 30.0 Å². The van der Waals surface area contributed by atoms with Crippen LogP contribution in [0.1, 0.15) is 99.8 Å². The zero-order valence-corrected chi connectivity index (χ0v) is 24.7. The number of allylic oxidation sites excluding steroid dienone is 3. The minimum atomic E-state index is -0.425. The van der Waals surface area contributed by atoms with E-state index >= 15 is 0 Å². The van der Waals surface area contributed by atoms with E-state index < -0.39 is 11.1 Å². The summed E-state index contributed by atoms with van der Waals surface area (Å²) in [7, 11) is 0. The first-order chi connectivity index (χ1) is 18.0. The number of nitrogens with one attached hydrogen (secondary N) is 2. The van der Waals surface area contributed by atoms with Crippen molar-refractivity contribution in [1.29, 1.82) is 0 Å². The van der Waals surface area contributed by atoms with Crippen LogP contribution < -0.4 is 11.0 Å². The van der Waals surface area contributed by atoms with Gasteiger partial charge in [-0.3, -0.25) is 0 Å². The fraction of sp³-hybridized carbons (Fsp3) is 0.833. The van der Waals surface area contributed by atoms with Crippen molar-refractivity contribution < 1.29 is 23.7 Å². The first-order valence-electron chi connectivity index (χ1n) is 14.8. The molecule has 8 nitrogen and oxygen atoms in total. The van der Waals surface area contributed by atoms with Crippen molar-refractivity contribution in [2.24, 2.45) is 11.8 Å². The molecule has 0 aromatic heterocycles. The molecule has 8 heteroatoms. The Morgan fingerprint density at radius 2 is 1.92 bits per heavy atom. The lowest BCUT2D eigenvalue weighted by molar-refractivity contribution is -0.108. The molecular weight excluding hydrogens is 482 g/mol. The molecule has 0 aliphatic heterocycles. The number of amides is 1. The second kappa shape index (κ2) is 11.9. The number of hydrazine groups is 2. The highest BCUT2D eigenvalue weighted by molar-refractivity contribution is 5.68. The maximum absolute atomic E-state index is 13.3. The molecule has 2 N–H and O–H groups in total. The van der Waals surface area contributed by atoms with Crippen LogP contribution in [-0.2, 0) is 18.9 Å². The van der Waals surface area contributed by atoms with Crippen LogP contribution in [0.5, 0.6) is 0 Å². The minimum Gasteiger partial charge on any atom is -0.498 e. The molecule has 5 aliphatic carbocycles. The van der Waals surface area contributed by atoms with Gasteiger partial charge >= 0.3 is 6.09 Å². The van der Waals surface area contributed by atoms with Gasteiger partial charge in [0, 0.05) is 31.9 Å².